The van der Waals surface area contributed by atoms with Crippen molar-refractivity contribution in [1.29, 1.82) is 0 Å². The van der Waals surface area contributed by atoms with Gasteiger partial charge in [-0.3, -0.25) is 4.98 Å². The Kier molecular flexibility index (Phi) is 3.71. The van der Waals surface area contributed by atoms with Crippen LogP contribution in [-0.4, -0.2) is 16.7 Å². The molecule has 1 heterocycles. The predicted molar refractivity (Wildman–Crippen MR) is 86.0 cm³/mol. The summed E-state index contributed by atoms with van der Waals surface area (Å²) < 4.78 is 0. The SMILES string of the molecule is Nc1cccc2c(NC(CO)c3ccccc3)ccnc12. The molecule has 4 nitrogen and oxygen atoms in total. The lowest BCUT2D eigenvalue weighted by Gasteiger charge is -2.19. The maximum absolute atomic E-state index is 9.66. The number of nitrogens with zero attached hydrogens (tertiary/aromatic N) is 1. The first-order chi connectivity index (χ1) is 10.3. The van der Waals surface area contributed by atoms with E-state index in [1.807, 2.05) is 54.6 Å². The lowest BCUT2D eigenvalue weighted by Crippen LogP contribution is -2.15. The number of fused-ring (bicyclic) bond motifs is 1. The minimum absolute atomic E-state index is 0.0101. The summed E-state index contributed by atoms with van der Waals surface area (Å²) in [4.78, 5) is 4.32. The van der Waals surface area contributed by atoms with Gasteiger partial charge in [0, 0.05) is 17.3 Å². The normalized spacial score (nSPS) is 12.2. The number of nitrogen functional groups attached to an aromatic ring is 1. The molecule has 1 aromatic heterocycles. The van der Waals surface area contributed by atoms with Crippen molar-refractivity contribution in [3.05, 3.63) is 66.4 Å². The van der Waals surface area contributed by atoms with Gasteiger partial charge in [0.15, 0.2) is 0 Å². The fraction of sp³-hybridized carbons (Fsp3) is 0.118. The van der Waals surface area contributed by atoms with Gasteiger partial charge < -0.3 is 16.2 Å². The largest absolute Gasteiger partial charge is 0.397 e. The van der Waals surface area contributed by atoms with Crippen LogP contribution in [0, 0.1) is 0 Å². The Balaban J connectivity index is 1.99. The second-order valence-corrected chi connectivity index (χ2v) is 4.89. The number of para-hydroxylation sites is 1. The number of anilines is 2. The number of pyridine rings is 1. The van der Waals surface area contributed by atoms with Crippen LogP contribution in [0.25, 0.3) is 10.9 Å². The van der Waals surface area contributed by atoms with Gasteiger partial charge in [0.2, 0.25) is 0 Å². The van der Waals surface area contributed by atoms with Gasteiger partial charge in [-0.2, -0.15) is 0 Å². The lowest BCUT2D eigenvalue weighted by atomic mass is 10.1. The molecule has 4 N–H and O–H groups in total. The zero-order valence-electron chi connectivity index (χ0n) is 11.5. The maximum atomic E-state index is 9.66. The van der Waals surface area contributed by atoms with Gasteiger partial charge >= 0.3 is 0 Å². The molecule has 0 bridgehead atoms. The number of aliphatic hydroxyl groups is 1. The Hall–Kier alpha value is -2.59. The monoisotopic (exact) mass is 279 g/mol. The zero-order chi connectivity index (χ0) is 14.7. The molecule has 0 amide bonds. The molecule has 0 aliphatic carbocycles. The molecule has 106 valence electrons. The summed E-state index contributed by atoms with van der Waals surface area (Å²) in [5.74, 6) is 0. The van der Waals surface area contributed by atoms with Crippen LogP contribution in [0.15, 0.2) is 60.8 Å². The van der Waals surface area contributed by atoms with Crippen LogP contribution in [0.4, 0.5) is 11.4 Å². The number of nitrogens with one attached hydrogen (secondary N) is 1. The molecule has 0 aliphatic rings. The van der Waals surface area contributed by atoms with E-state index in [4.69, 9.17) is 5.73 Å². The standard InChI is InChI=1S/C17H17N3O/c18-14-8-4-7-13-15(9-10-19-17(13)14)20-16(11-21)12-5-2-1-3-6-12/h1-10,16,21H,11,18H2,(H,19,20). The molecule has 3 rings (SSSR count). The smallest absolute Gasteiger partial charge is 0.0951 e. The number of aromatic nitrogens is 1. The molecule has 0 saturated heterocycles. The fourth-order valence-corrected chi connectivity index (χ4v) is 2.43. The highest BCUT2D eigenvalue weighted by Crippen LogP contribution is 2.28. The number of rotatable bonds is 4. The van der Waals surface area contributed by atoms with Crippen LogP contribution in [0.3, 0.4) is 0 Å². The average Bonchev–Trinajstić information content (AvgIpc) is 2.54. The molecule has 21 heavy (non-hydrogen) atoms. The molecule has 0 fully saturated rings. The summed E-state index contributed by atoms with van der Waals surface area (Å²) in [6.45, 7) is 0.0101. The summed E-state index contributed by atoms with van der Waals surface area (Å²) in [5.41, 5.74) is 9.33. The third-order valence-corrected chi connectivity index (χ3v) is 3.52. The van der Waals surface area contributed by atoms with Crippen LogP contribution < -0.4 is 11.1 Å². The second kappa shape index (κ2) is 5.81. The van der Waals surface area contributed by atoms with Crippen molar-refractivity contribution >= 4 is 22.3 Å². The van der Waals surface area contributed by atoms with E-state index in [9.17, 15) is 5.11 Å². The van der Waals surface area contributed by atoms with Gasteiger partial charge in [-0.15, -0.1) is 0 Å². The van der Waals surface area contributed by atoms with Crippen LogP contribution in [0.1, 0.15) is 11.6 Å². The van der Waals surface area contributed by atoms with E-state index >= 15 is 0 Å². The maximum Gasteiger partial charge on any atom is 0.0951 e. The van der Waals surface area contributed by atoms with Crippen molar-refractivity contribution in [1.82, 2.24) is 4.98 Å². The zero-order valence-corrected chi connectivity index (χ0v) is 11.5. The number of aliphatic hydroxyl groups excluding tert-OH is 1. The lowest BCUT2D eigenvalue weighted by molar-refractivity contribution is 0.276. The van der Waals surface area contributed by atoms with Gasteiger partial charge in [-0.1, -0.05) is 42.5 Å². The molecule has 0 spiro atoms. The summed E-state index contributed by atoms with van der Waals surface area (Å²) in [6.07, 6.45) is 1.72. The summed E-state index contributed by atoms with van der Waals surface area (Å²) in [7, 11) is 0. The van der Waals surface area contributed by atoms with E-state index in [0.717, 1.165) is 22.2 Å². The topological polar surface area (TPSA) is 71.2 Å². The first-order valence-corrected chi connectivity index (χ1v) is 6.85. The van der Waals surface area contributed by atoms with Gasteiger partial charge in [-0.25, -0.2) is 0 Å². The summed E-state index contributed by atoms with van der Waals surface area (Å²) in [5, 5.41) is 14.0. The van der Waals surface area contributed by atoms with Gasteiger partial charge in [-0.05, 0) is 17.7 Å². The highest BCUT2D eigenvalue weighted by Gasteiger charge is 2.12. The van der Waals surface area contributed by atoms with Crippen molar-refractivity contribution < 1.29 is 5.11 Å². The van der Waals surface area contributed by atoms with Gasteiger partial charge in [0.05, 0.1) is 23.9 Å². The molecular weight excluding hydrogens is 262 g/mol. The summed E-state index contributed by atoms with van der Waals surface area (Å²) in [6, 6.07) is 17.3. The summed E-state index contributed by atoms with van der Waals surface area (Å²) >= 11 is 0. The van der Waals surface area contributed by atoms with Crippen LogP contribution in [0.5, 0.6) is 0 Å². The van der Waals surface area contributed by atoms with Crippen molar-refractivity contribution in [2.24, 2.45) is 0 Å². The molecule has 0 aliphatic heterocycles. The van der Waals surface area contributed by atoms with E-state index in [1.54, 1.807) is 6.20 Å². The van der Waals surface area contributed by atoms with Crippen LogP contribution in [0.2, 0.25) is 0 Å². The Morgan fingerprint density at radius 1 is 1.05 bits per heavy atom. The first-order valence-electron chi connectivity index (χ1n) is 6.85. The Labute approximate surface area is 123 Å². The molecule has 3 aromatic rings. The molecule has 0 saturated carbocycles. The molecule has 2 aromatic carbocycles. The Morgan fingerprint density at radius 2 is 1.86 bits per heavy atom. The van der Waals surface area contributed by atoms with E-state index < -0.39 is 0 Å². The predicted octanol–water partition coefficient (Wildman–Crippen LogP) is 2.96. The van der Waals surface area contributed by atoms with E-state index in [0.29, 0.717) is 5.69 Å². The van der Waals surface area contributed by atoms with Crippen molar-refractivity contribution in [2.45, 2.75) is 6.04 Å². The molecule has 1 unspecified atom stereocenters. The molecule has 0 radical (unpaired) electrons. The van der Waals surface area contributed by atoms with Crippen molar-refractivity contribution in [2.75, 3.05) is 17.7 Å². The fourth-order valence-electron chi connectivity index (χ4n) is 2.43. The number of benzene rings is 2. The first kappa shape index (κ1) is 13.4. The average molecular weight is 279 g/mol. The van der Waals surface area contributed by atoms with E-state index in [2.05, 4.69) is 10.3 Å². The van der Waals surface area contributed by atoms with Crippen molar-refractivity contribution in [3.63, 3.8) is 0 Å². The number of hydrogen-bond donors (Lipinski definition) is 3. The third-order valence-electron chi connectivity index (χ3n) is 3.52. The third kappa shape index (κ3) is 2.66. The highest BCUT2D eigenvalue weighted by atomic mass is 16.3. The van der Waals surface area contributed by atoms with Crippen molar-refractivity contribution in [3.8, 4) is 0 Å². The molecular formula is C17H17N3O. The minimum atomic E-state index is -0.168. The quantitative estimate of drug-likeness (QED) is 0.642. The number of nitrogens with two attached hydrogens (primary N) is 1. The molecule has 1 atom stereocenters. The molecule has 4 heteroatoms. The minimum Gasteiger partial charge on any atom is -0.397 e. The van der Waals surface area contributed by atoms with Gasteiger partial charge in [0.1, 0.15) is 0 Å². The van der Waals surface area contributed by atoms with E-state index in [1.165, 1.54) is 0 Å². The number of hydrogen-bond acceptors (Lipinski definition) is 4. The highest BCUT2D eigenvalue weighted by molar-refractivity contribution is 5.97. The van der Waals surface area contributed by atoms with E-state index in [-0.39, 0.29) is 12.6 Å². The Morgan fingerprint density at radius 3 is 2.62 bits per heavy atom. The Bertz CT molecular complexity index is 743. The van der Waals surface area contributed by atoms with Crippen LogP contribution >= 0.6 is 0 Å². The van der Waals surface area contributed by atoms with Gasteiger partial charge in [0.25, 0.3) is 0 Å². The second-order valence-electron chi connectivity index (χ2n) is 4.89. The van der Waals surface area contributed by atoms with Crippen LogP contribution in [-0.2, 0) is 0 Å².